The molecular weight excluding hydrogens is 623 g/mol. The lowest BCUT2D eigenvalue weighted by molar-refractivity contribution is 0.670. The zero-order valence-electron chi connectivity index (χ0n) is 27.6. The van der Waals surface area contributed by atoms with Crippen LogP contribution in [0.4, 0.5) is 0 Å². The van der Waals surface area contributed by atoms with Crippen LogP contribution >= 0.6 is 0 Å². The molecule has 240 valence electrons. The Morgan fingerprint density at radius 2 is 1.02 bits per heavy atom. The van der Waals surface area contributed by atoms with Gasteiger partial charge in [-0.2, -0.15) is 0 Å². The molecule has 1 N–H and O–H groups in total. The van der Waals surface area contributed by atoms with E-state index < -0.39 is 6.17 Å². The monoisotopic (exact) mass is 653 g/mol. The van der Waals surface area contributed by atoms with Gasteiger partial charge in [0.1, 0.15) is 22.8 Å². The molecular formula is C47H31N3O. The molecule has 1 aliphatic rings. The van der Waals surface area contributed by atoms with Gasteiger partial charge >= 0.3 is 0 Å². The first kappa shape index (κ1) is 29.2. The Balaban J connectivity index is 1.17. The van der Waals surface area contributed by atoms with Crippen LogP contribution in [-0.4, -0.2) is 11.7 Å². The van der Waals surface area contributed by atoms with Gasteiger partial charge in [0.15, 0.2) is 6.17 Å². The van der Waals surface area contributed by atoms with Crippen LogP contribution in [0.15, 0.2) is 190 Å². The number of rotatable bonds is 5. The molecule has 51 heavy (non-hydrogen) atoms. The molecule has 0 atom stereocenters. The molecule has 0 aliphatic carbocycles. The summed E-state index contributed by atoms with van der Waals surface area (Å²) in [6.45, 7) is 0. The summed E-state index contributed by atoms with van der Waals surface area (Å²) in [5, 5.41) is 10.4. The molecule has 4 heteroatoms. The summed E-state index contributed by atoms with van der Waals surface area (Å²) in [6.07, 6.45) is -0.430. The number of nitrogens with zero attached hydrogens (tertiary/aromatic N) is 2. The lowest BCUT2D eigenvalue weighted by Crippen LogP contribution is -2.36. The first-order valence-corrected chi connectivity index (χ1v) is 17.3. The Kier molecular flexibility index (Phi) is 6.85. The molecule has 10 rings (SSSR count). The summed E-state index contributed by atoms with van der Waals surface area (Å²) in [5.74, 6) is 1.61. The Hall–Kier alpha value is -6.78. The highest BCUT2D eigenvalue weighted by Gasteiger charge is 2.24. The number of aliphatic imine (C=N–C) groups is 2. The van der Waals surface area contributed by atoms with Gasteiger partial charge < -0.3 is 9.73 Å². The fourth-order valence-corrected chi connectivity index (χ4v) is 7.49. The third kappa shape index (κ3) is 5.00. The van der Waals surface area contributed by atoms with Crippen molar-refractivity contribution in [3.8, 4) is 22.3 Å². The number of hydrogen-bond donors (Lipinski definition) is 1. The minimum atomic E-state index is -0.430. The van der Waals surface area contributed by atoms with Crippen LogP contribution in [0.5, 0.6) is 0 Å². The van der Waals surface area contributed by atoms with E-state index in [4.69, 9.17) is 14.4 Å². The van der Waals surface area contributed by atoms with E-state index in [1.165, 1.54) is 10.8 Å². The van der Waals surface area contributed by atoms with Crippen LogP contribution < -0.4 is 5.32 Å². The fraction of sp³-hybridized carbons (Fsp3) is 0.0213. The minimum Gasteiger partial charge on any atom is -0.455 e. The quantitative estimate of drug-likeness (QED) is 0.201. The summed E-state index contributed by atoms with van der Waals surface area (Å²) >= 11 is 0. The molecule has 8 aromatic carbocycles. The number of nitrogens with one attached hydrogen (secondary N) is 1. The third-order valence-electron chi connectivity index (χ3n) is 9.95. The SMILES string of the molecule is c1ccc(C2=NC(c3ccc(-c4ccc(-c5ccc6ccccc6c5)c5oc6ccccc6c45)c4ccccc34)N=C(c3ccccc3)N2)cc1. The van der Waals surface area contributed by atoms with Gasteiger partial charge in [-0.25, -0.2) is 9.98 Å². The molecule has 0 saturated heterocycles. The van der Waals surface area contributed by atoms with Gasteiger partial charge in [0.25, 0.3) is 0 Å². The summed E-state index contributed by atoms with van der Waals surface area (Å²) < 4.78 is 6.71. The van der Waals surface area contributed by atoms with E-state index in [2.05, 4.69) is 139 Å². The molecule has 0 unspecified atom stereocenters. The summed E-state index contributed by atoms with van der Waals surface area (Å²) in [4.78, 5) is 10.4. The van der Waals surface area contributed by atoms with Crippen LogP contribution in [0.1, 0.15) is 22.9 Å². The van der Waals surface area contributed by atoms with Gasteiger partial charge in [-0.3, -0.25) is 0 Å². The maximum absolute atomic E-state index is 6.71. The minimum absolute atomic E-state index is 0.430. The average molecular weight is 654 g/mol. The summed E-state index contributed by atoms with van der Waals surface area (Å²) in [7, 11) is 0. The molecule has 0 spiro atoms. The topological polar surface area (TPSA) is 49.9 Å². The Morgan fingerprint density at radius 1 is 0.431 bits per heavy atom. The van der Waals surface area contributed by atoms with E-state index >= 15 is 0 Å². The van der Waals surface area contributed by atoms with Gasteiger partial charge in [0.2, 0.25) is 0 Å². The van der Waals surface area contributed by atoms with Crippen LogP contribution in [0, 0.1) is 0 Å². The number of amidine groups is 2. The number of para-hydroxylation sites is 1. The Labute approximate surface area is 295 Å². The molecule has 4 nitrogen and oxygen atoms in total. The van der Waals surface area contributed by atoms with Gasteiger partial charge in [0.05, 0.1) is 0 Å². The van der Waals surface area contributed by atoms with Crippen molar-refractivity contribution in [2.75, 3.05) is 0 Å². The van der Waals surface area contributed by atoms with Gasteiger partial charge in [-0.05, 0) is 56.4 Å². The molecule has 1 aliphatic heterocycles. The van der Waals surface area contributed by atoms with Crippen molar-refractivity contribution in [2.45, 2.75) is 6.17 Å². The van der Waals surface area contributed by atoms with Crippen molar-refractivity contribution < 1.29 is 4.42 Å². The maximum atomic E-state index is 6.71. The predicted molar refractivity (Wildman–Crippen MR) is 211 cm³/mol. The van der Waals surface area contributed by atoms with Crippen molar-refractivity contribution >= 4 is 55.2 Å². The highest BCUT2D eigenvalue weighted by molar-refractivity contribution is 6.19. The molecule has 2 heterocycles. The van der Waals surface area contributed by atoms with Crippen LogP contribution in [0.3, 0.4) is 0 Å². The highest BCUT2D eigenvalue weighted by Crippen LogP contribution is 2.45. The maximum Gasteiger partial charge on any atom is 0.170 e. The molecule has 0 radical (unpaired) electrons. The van der Waals surface area contributed by atoms with Crippen LogP contribution in [-0.2, 0) is 0 Å². The standard InChI is InChI=1S/C47H31N3O/c1-3-14-31(15-4-1)45-48-46(32-16-5-2-6-17-32)50-47(49-45)40-28-26-38(36-19-9-10-20-37(36)40)39-27-25-35(34-24-23-30-13-7-8-18-33(30)29-34)44-43(39)41-21-11-12-22-42(41)51-44/h1-29,47H,(H,48,49,50). The number of furan rings is 1. The number of hydrogen-bond acceptors (Lipinski definition) is 4. The van der Waals surface area contributed by atoms with Crippen LogP contribution in [0.25, 0.3) is 65.7 Å². The average Bonchev–Trinajstić information content (AvgIpc) is 3.60. The first-order chi connectivity index (χ1) is 25.3. The largest absolute Gasteiger partial charge is 0.455 e. The molecule has 1 aromatic heterocycles. The summed E-state index contributed by atoms with van der Waals surface area (Å²) in [5.41, 5.74) is 9.36. The molecule has 9 aromatic rings. The smallest absolute Gasteiger partial charge is 0.170 e. The lowest BCUT2D eigenvalue weighted by Gasteiger charge is -2.23. The summed E-state index contributed by atoms with van der Waals surface area (Å²) in [6, 6.07) is 61.6. The Morgan fingerprint density at radius 3 is 1.76 bits per heavy atom. The normalized spacial score (nSPS) is 13.4. The molecule has 0 saturated carbocycles. The zero-order valence-corrected chi connectivity index (χ0v) is 27.6. The molecule has 0 amide bonds. The van der Waals surface area contributed by atoms with E-state index in [1.807, 2.05) is 42.5 Å². The van der Waals surface area contributed by atoms with Gasteiger partial charge in [0, 0.05) is 33.0 Å². The van der Waals surface area contributed by atoms with Gasteiger partial charge in [-0.1, -0.05) is 158 Å². The van der Waals surface area contributed by atoms with Crippen molar-refractivity contribution in [2.24, 2.45) is 9.98 Å². The second-order valence-electron chi connectivity index (χ2n) is 13.0. The number of fused-ring (bicyclic) bond motifs is 5. The second kappa shape index (κ2) is 12.0. The van der Waals surface area contributed by atoms with E-state index in [0.717, 1.165) is 83.3 Å². The fourth-order valence-electron chi connectivity index (χ4n) is 7.49. The lowest BCUT2D eigenvalue weighted by atomic mass is 9.89. The van der Waals surface area contributed by atoms with E-state index in [9.17, 15) is 0 Å². The zero-order chi connectivity index (χ0) is 33.7. The highest BCUT2D eigenvalue weighted by atomic mass is 16.3. The van der Waals surface area contributed by atoms with E-state index in [1.54, 1.807) is 0 Å². The van der Waals surface area contributed by atoms with Crippen LogP contribution in [0.2, 0.25) is 0 Å². The molecule has 0 bridgehead atoms. The predicted octanol–water partition coefficient (Wildman–Crippen LogP) is 11.7. The van der Waals surface area contributed by atoms with E-state index in [-0.39, 0.29) is 0 Å². The van der Waals surface area contributed by atoms with Crippen molar-refractivity contribution in [3.05, 3.63) is 193 Å². The molecule has 0 fully saturated rings. The Bertz CT molecular complexity index is 2780. The second-order valence-corrected chi connectivity index (χ2v) is 13.0. The van der Waals surface area contributed by atoms with Crippen molar-refractivity contribution in [3.63, 3.8) is 0 Å². The first-order valence-electron chi connectivity index (χ1n) is 17.3. The third-order valence-corrected chi connectivity index (χ3v) is 9.95. The number of benzene rings is 8. The van der Waals surface area contributed by atoms with Gasteiger partial charge in [-0.15, -0.1) is 0 Å². The van der Waals surface area contributed by atoms with Crippen molar-refractivity contribution in [1.29, 1.82) is 0 Å². The van der Waals surface area contributed by atoms with Crippen molar-refractivity contribution in [1.82, 2.24) is 5.32 Å². The van der Waals surface area contributed by atoms with E-state index in [0.29, 0.717) is 0 Å².